The zero-order chi connectivity index (χ0) is 26.1. The average Bonchev–Trinajstić information content (AvgIpc) is 3.29. The van der Waals surface area contributed by atoms with Crippen LogP contribution < -0.4 is 11.1 Å². The summed E-state index contributed by atoms with van der Waals surface area (Å²) in [7, 11) is 1.50. The van der Waals surface area contributed by atoms with E-state index in [0.717, 1.165) is 22.3 Å². The van der Waals surface area contributed by atoms with Crippen LogP contribution >= 0.6 is 0 Å². The lowest BCUT2D eigenvalue weighted by atomic mass is 9.94. The van der Waals surface area contributed by atoms with Gasteiger partial charge in [-0.2, -0.15) is 0 Å². The van der Waals surface area contributed by atoms with Crippen molar-refractivity contribution in [2.45, 2.75) is 71.4 Å². The van der Waals surface area contributed by atoms with Crippen molar-refractivity contribution in [2.75, 3.05) is 12.4 Å². The molecular weight excluding hydrogens is 450 g/mol. The third-order valence-electron chi connectivity index (χ3n) is 6.15. The van der Waals surface area contributed by atoms with Gasteiger partial charge in [0, 0.05) is 40.5 Å². The highest BCUT2D eigenvalue weighted by Gasteiger charge is 2.16. The largest absolute Gasteiger partial charge is 0.462 e. The molecule has 0 saturated heterocycles. The normalized spacial score (nSPS) is 13.8. The van der Waals surface area contributed by atoms with Crippen molar-refractivity contribution in [3.63, 3.8) is 0 Å². The van der Waals surface area contributed by atoms with E-state index in [1.807, 2.05) is 51.4 Å². The number of anilines is 1. The number of aromatic nitrogens is 1. The lowest BCUT2D eigenvalue weighted by Crippen LogP contribution is -2.22. The van der Waals surface area contributed by atoms with Crippen molar-refractivity contribution in [2.24, 2.45) is 5.73 Å². The molecule has 6 heteroatoms. The van der Waals surface area contributed by atoms with Crippen LogP contribution in [0.1, 0.15) is 58.4 Å². The molecule has 2 heterocycles. The Morgan fingerprint density at radius 2 is 1.75 bits per heavy atom. The average molecular weight is 490 g/mol. The molecule has 0 bridgehead atoms. The van der Waals surface area contributed by atoms with Gasteiger partial charge in [-0.1, -0.05) is 37.5 Å². The first-order valence-corrected chi connectivity index (χ1v) is 12.7. The maximum Gasteiger partial charge on any atom is 0.293 e. The molecule has 1 fully saturated rings. The number of nitrogens with one attached hydrogen (secondary N) is 1. The standard InChI is InChI=1S/C24H24N2O.C5H10O2.CH5N/c1-16-11-19(26-18-8-3-2-4-9-18)13-20-21(16)14-25-15-22(20)24-12-17-7-5-6-10-23(17)27-24;1-5(2,3)7-4-6;1-2/h5-7,10-15,18,26H,2-4,8-9H2,1H3;4H,1-3H3;2H2,1H3. The maximum absolute atomic E-state index is 9.60. The summed E-state index contributed by atoms with van der Waals surface area (Å²) < 4.78 is 10.7. The summed E-state index contributed by atoms with van der Waals surface area (Å²) in [6, 6.07) is 15.4. The fourth-order valence-electron chi connectivity index (χ4n) is 4.47. The SMILES string of the molecule is CC(C)(C)OC=O.CN.Cc1cc(NC2CCCCC2)cc2c(-c3cc4ccccc4o3)cncc12. The molecule has 2 aromatic heterocycles. The van der Waals surface area contributed by atoms with Crippen molar-refractivity contribution >= 4 is 33.9 Å². The number of furan rings is 1. The molecule has 1 aliphatic carbocycles. The number of nitrogens with two attached hydrogens (primary N) is 1. The zero-order valence-electron chi connectivity index (χ0n) is 22.1. The van der Waals surface area contributed by atoms with Crippen molar-refractivity contribution in [3.05, 3.63) is 60.4 Å². The smallest absolute Gasteiger partial charge is 0.293 e. The van der Waals surface area contributed by atoms with Gasteiger partial charge >= 0.3 is 0 Å². The number of hydrogen-bond donors (Lipinski definition) is 2. The van der Waals surface area contributed by atoms with Gasteiger partial charge in [0.2, 0.25) is 0 Å². The van der Waals surface area contributed by atoms with E-state index in [0.29, 0.717) is 12.5 Å². The number of nitrogens with zero attached hydrogens (tertiary/aromatic N) is 1. The van der Waals surface area contributed by atoms with Gasteiger partial charge in [-0.3, -0.25) is 9.78 Å². The Balaban J connectivity index is 0.000000350. The fraction of sp³-hybridized carbons (Fsp3) is 0.400. The van der Waals surface area contributed by atoms with E-state index in [1.54, 1.807) is 0 Å². The molecule has 3 N–H and O–H groups in total. The highest BCUT2D eigenvalue weighted by atomic mass is 16.5. The molecule has 0 aliphatic heterocycles. The molecule has 192 valence electrons. The van der Waals surface area contributed by atoms with Gasteiger partial charge < -0.3 is 20.2 Å². The molecule has 0 atom stereocenters. The lowest BCUT2D eigenvalue weighted by Gasteiger charge is -2.24. The molecule has 36 heavy (non-hydrogen) atoms. The molecule has 0 radical (unpaired) electrons. The number of hydrogen-bond acceptors (Lipinski definition) is 6. The predicted octanol–water partition coefficient (Wildman–Crippen LogP) is 7.23. The Morgan fingerprint density at radius 3 is 2.39 bits per heavy atom. The van der Waals surface area contributed by atoms with Crippen LogP contribution in [0.25, 0.3) is 33.1 Å². The second-order valence-electron chi connectivity index (χ2n) is 10.0. The van der Waals surface area contributed by atoms with Crippen molar-refractivity contribution in [1.82, 2.24) is 4.98 Å². The monoisotopic (exact) mass is 489 g/mol. The van der Waals surface area contributed by atoms with E-state index in [4.69, 9.17) is 4.42 Å². The predicted molar refractivity (Wildman–Crippen MR) is 149 cm³/mol. The van der Waals surface area contributed by atoms with E-state index in [9.17, 15) is 4.79 Å². The van der Waals surface area contributed by atoms with Crippen molar-refractivity contribution < 1.29 is 13.9 Å². The van der Waals surface area contributed by atoms with Gasteiger partial charge in [-0.15, -0.1) is 0 Å². The molecule has 1 saturated carbocycles. The summed E-state index contributed by atoms with van der Waals surface area (Å²) in [5.41, 5.74) is 8.60. The molecule has 1 aliphatic rings. The van der Waals surface area contributed by atoms with Crippen molar-refractivity contribution in [3.8, 4) is 11.3 Å². The molecule has 4 aromatic rings. The minimum Gasteiger partial charge on any atom is -0.462 e. The molecular formula is C30H39N3O3. The van der Waals surface area contributed by atoms with Gasteiger partial charge in [-0.05, 0) is 82.8 Å². The Hall–Kier alpha value is -3.38. The second-order valence-corrected chi connectivity index (χ2v) is 10.0. The van der Waals surface area contributed by atoms with E-state index >= 15 is 0 Å². The first-order valence-electron chi connectivity index (χ1n) is 12.7. The van der Waals surface area contributed by atoms with Crippen LogP contribution in [0.15, 0.2) is 59.3 Å². The number of benzene rings is 2. The number of rotatable bonds is 4. The first-order chi connectivity index (χ1) is 17.3. The van der Waals surface area contributed by atoms with E-state index < -0.39 is 0 Å². The Labute approximate surface area is 214 Å². The number of pyridine rings is 1. The third kappa shape index (κ3) is 7.08. The molecule has 0 unspecified atom stereocenters. The molecule has 5 rings (SSSR count). The second kappa shape index (κ2) is 12.5. The first kappa shape index (κ1) is 27.2. The molecule has 0 spiro atoms. The Bertz CT molecular complexity index is 1230. The Morgan fingerprint density at radius 1 is 1.03 bits per heavy atom. The third-order valence-corrected chi connectivity index (χ3v) is 6.15. The van der Waals surface area contributed by atoms with Gasteiger partial charge in [0.15, 0.2) is 0 Å². The van der Waals surface area contributed by atoms with Crippen LogP contribution in [0.4, 0.5) is 5.69 Å². The summed E-state index contributed by atoms with van der Waals surface area (Å²) in [4.78, 5) is 14.1. The maximum atomic E-state index is 9.60. The number of fused-ring (bicyclic) bond motifs is 2. The summed E-state index contributed by atoms with van der Waals surface area (Å²) in [5, 5.41) is 7.27. The van der Waals surface area contributed by atoms with Crippen LogP contribution in [0.3, 0.4) is 0 Å². The van der Waals surface area contributed by atoms with Crippen LogP contribution in [0.5, 0.6) is 0 Å². The Kier molecular flexibility index (Phi) is 9.48. The highest BCUT2D eigenvalue weighted by molar-refractivity contribution is 6.00. The number of aryl methyl sites for hydroxylation is 1. The van der Waals surface area contributed by atoms with Crippen LogP contribution in [0.2, 0.25) is 0 Å². The quantitative estimate of drug-likeness (QED) is 0.294. The van der Waals surface area contributed by atoms with E-state index in [-0.39, 0.29) is 5.60 Å². The van der Waals surface area contributed by atoms with Crippen LogP contribution in [0, 0.1) is 6.92 Å². The van der Waals surface area contributed by atoms with Crippen LogP contribution in [-0.2, 0) is 9.53 Å². The number of ether oxygens (including phenoxy) is 1. The summed E-state index contributed by atoms with van der Waals surface area (Å²) in [6.45, 7) is 8.09. The van der Waals surface area contributed by atoms with E-state index in [2.05, 4.69) is 52.0 Å². The molecule has 0 amide bonds. The topological polar surface area (TPSA) is 90.4 Å². The zero-order valence-corrected chi connectivity index (χ0v) is 22.1. The van der Waals surface area contributed by atoms with E-state index in [1.165, 1.54) is 61.2 Å². The number of carbonyl (C=O) groups is 1. The number of para-hydroxylation sites is 1. The minimum atomic E-state index is -0.318. The fourth-order valence-corrected chi connectivity index (χ4v) is 4.47. The number of carbonyl (C=O) groups excluding carboxylic acids is 1. The molecule has 2 aromatic carbocycles. The molecule has 6 nitrogen and oxygen atoms in total. The highest BCUT2D eigenvalue weighted by Crippen LogP contribution is 2.35. The minimum absolute atomic E-state index is 0.318. The lowest BCUT2D eigenvalue weighted by molar-refractivity contribution is -0.138. The van der Waals surface area contributed by atoms with Gasteiger partial charge in [0.1, 0.15) is 16.9 Å². The summed E-state index contributed by atoms with van der Waals surface area (Å²) >= 11 is 0. The van der Waals surface area contributed by atoms with Gasteiger partial charge in [0.25, 0.3) is 6.47 Å². The van der Waals surface area contributed by atoms with Crippen LogP contribution in [-0.4, -0.2) is 30.1 Å². The van der Waals surface area contributed by atoms with Crippen molar-refractivity contribution in [1.29, 1.82) is 0 Å². The van der Waals surface area contributed by atoms with Gasteiger partial charge in [0.05, 0.1) is 0 Å². The van der Waals surface area contributed by atoms with Gasteiger partial charge in [-0.25, -0.2) is 0 Å². The summed E-state index contributed by atoms with van der Waals surface area (Å²) in [6.07, 6.45) is 10.5. The summed E-state index contributed by atoms with van der Waals surface area (Å²) in [5.74, 6) is 0.878.